The Hall–Kier alpha value is -3.39. The number of nitrogens with one attached hydrogen (secondary N) is 2. The van der Waals surface area contributed by atoms with Gasteiger partial charge in [0.15, 0.2) is 6.10 Å². The number of carboxylic acids is 1. The van der Waals surface area contributed by atoms with E-state index in [-0.39, 0.29) is 24.9 Å². The maximum Gasteiger partial charge on any atom is 0.407 e. The first-order chi connectivity index (χ1) is 17.0. The molecule has 2 aromatic rings. The molecule has 4 rings (SSSR count). The molecule has 186 valence electrons. The normalized spacial score (nSPS) is 16.0. The molecule has 35 heavy (non-hydrogen) atoms. The van der Waals surface area contributed by atoms with Crippen molar-refractivity contribution < 1.29 is 29.1 Å². The van der Waals surface area contributed by atoms with Crippen LogP contribution in [-0.2, 0) is 19.2 Å². The van der Waals surface area contributed by atoms with Crippen molar-refractivity contribution in [2.75, 3.05) is 6.61 Å². The molecule has 2 aromatic carbocycles. The maximum atomic E-state index is 12.7. The molecule has 0 radical (unpaired) electrons. The van der Waals surface area contributed by atoms with Crippen LogP contribution in [0.4, 0.5) is 4.79 Å². The zero-order valence-corrected chi connectivity index (χ0v) is 19.9. The Morgan fingerprint density at radius 2 is 1.66 bits per heavy atom. The van der Waals surface area contributed by atoms with Gasteiger partial charge in [-0.3, -0.25) is 9.63 Å². The second-order valence-corrected chi connectivity index (χ2v) is 9.25. The van der Waals surface area contributed by atoms with E-state index in [4.69, 9.17) is 9.57 Å². The van der Waals surface area contributed by atoms with Gasteiger partial charge in [-0.25, -0.2) is 15.1 Å². The predicted molar refractivity (Wildman–Crippen MR) is 130 cm³/mol. The summed E-state index contributed by atoms with van der Waals surface area (Å²) in [5.41, 5.74) is 6.82. The standard InChI is InChI=1S/C27H32N2O6/c1-2-3-8-18(15-24(30)29-35-25(26(31)32)17-13-14-17)28-27(33)34-16-23-21-11-6-4-9-19(21)20-10-5-7-12-22(20)23/h4-7,9-12,17-18,23,25H,2-3,8,13-16H2,1H3,(H,28,33)(H,29,30)(H,31,32)/t18-,25?/m1/s1. The summed E-state index contributed by atoms with van der Waals surface area (Å²) >= 11 is 0. The van der Waals surface area contributed by atoms with Crippen LogP contribution in [0.5, 0.6) is 0 Å². The van der Waals surface area contributed by atoms with Crippen LogP contribution in [0.25, 0.3) is 11.1 Å². The van der Waals surface area contributed by atoms with Crippen molar-refractivity contribution in [2.24, 2.45) is 5.92 Å². The van der Waals surface area contributed by atoms with Gasteiger partial charge in [0.1, 0.15) is 6.61 Å². The van der Waals surface area contributed by atoms with Crippen LogP contribution < -0.4 is 10.8 Å². The van der Waals surface area contributed by atoms with Crippen molar-refractivity contribution in [1.82, 2.24) is 10.8 Å². The minimum atomic E-state index is -1.09. The van der Waals surface area contributed by atoms with Crippen LogP contribution in [0.15, 0.2) is 48.5 Å². The van der Waals surface area contributed by atoms with Gasteiger partial charge in [-0.15, -0.1) is 0 Å². The van der Waals surface area contributed by atoms with Gasteiger partial charge in [0.2, 0.25) is 5.91 Å². The molecule has 0 spiro atoms. The Kier molecular flexibility index (Phi) is 8.02. The molecule has 1 saturated carbocycles. The highest BCUT2D eigenvalue weighted by molar-refractivity contribution is 5.79. The van der Waals surface area contributed by atoms with Gasteiger partial charge in [0, 0.05) is 18.4 Å². The molecule has 0 saturated heterocycles. The van der Waals surface area contributed by atoms with E-state index < -0.39 is 30.1 Å². The van der Waals surface area contributed by atoms with Crippen LogP contribution in [0.3, 0.4) is 0 Å². The highest BCUT2D eigenvalue weighted by Crippen LogP contribution is 2.44. The molecule has 0 heterocycles. The fourth-order valence-corrected chi connectivity index (χ4v) is 4.62. The summed E-state index contributed by atoms with van der Waals surface area (Å²) in [5.74, 6) is -1.68. The van der Waals surface area contributed by atoms with Crippen molar-refractivity contribution >= 4 is 18.0 Å². The van der Waals surface area contributed by atoms with Gasteiger partial charge in [-0.1, -0.05) is 68.3 Å². The summed E-state index contributed by atoms with van der Waals surface area (Å²) in [6, 6.07) is 15.8. The molecule has 0 aliphatic heterocycles. The third-order valence-corrected chi connectivity index (χ3v) is 6.60. The minimum absolute atomic E-state index is 0.0266. The van der Waals surface area contributed by atoms with E-state index in [2.05, 4.69) is 35.1 Å². The maximum absolute atomic E-state index is 12.7. The van der Waals surface area contributed by atoms with E-state index in [0.29, 0.717) is 6.42 Å². The average molecular weight is 481 g/mol. The number of alkyl carbamates (subject to hydrolysis) is 1. The second kappa shape index (κ2) is 11.4. The van der Waals surface area contributed by atoms with Crippen LogP contribution in [0, 0.1) is 5.92 Å². The molecule has 2 amide bonds. The number of aliphatic carboxylic acids is 1. The number of carbonyl (C=O) groups excluding carboxylic acids is 2. The second-order valence-electron chi connectivity index (χ2n) is 9.25. The third kappa shape index (κ3) is 6.19. The Bertz CT molecular complexity index is 1020. The lowest BCUT2D eigenvalue weighted by atomic mass is 9.98. The Morgan fingerprint density at radius 1 is 1.03 bits per heavy atom. The van der Waals surface area contributed by atoms with E-state index in [1.165, 1.54) is 0 Å². The van der Waals surface area contributed by atoms with Gasteiger partial charge in [-0.2, -0.15) is 0 Å². The van der Waals surface area contributed by atoms with Gasteiger partial charge >= 0.3 is 12.1 Å². The molecule has 8 heteroatoms. The number of hydrogen-bond donors (Lipinski definition) is 3. The monoisotopic (exact) mass is 480 g/mol. The molecular weight excluding hydrogens is 448 g/mol. The molecular formula is C27H32N2O6. The molecule has 1 unspecified atom stereocenters. The highest BCUT2D eigenvalue weighted by atomic mass is 16.7. The first kappa shape index (κ1) is 24.7. The summed E-state index contributed by atoms with van der Waals surface area (Å²) in [7, 11) is 0. The summed E-state index contributed by atoms with van der Waals surface area (Å²) in [6.45, 7) is 2.22. The summed E-state index contributed by atoms with van der Waals surface area (Å²) in [4.78, 5) is 41.5. The Morgan fingerprint density at radius 3 is 2.23 bits per heavy atom. The molecule has 1 fully saturated rings. The predicted octanol–water partition coefficient (Wildman–Crippen LogP) is 4.39. The molecule has 8 nitrogen and oxygen atoms in total. The van der Waals surface area contributed by atoms with Gasteiger partial charge in [0.25, 0.3) is 0 Å². The molecule has 2 aliphatic carbocycles. The smallest absolute Gasteiger partial charge is 0.407 e. The molecule has 3 N–H and O–H groups in total. The third-order valence-electron chi connectivity index (χ3n) is 6.60. The number of unbranched alkanes of at least 4 members (excludes halogenated alkanes) is 1. The van der Waals surface area contributed by atoms with Crippen LogP contribution in [0.1, 0.15) is 62.5 Å². The number of benzene rings is 2. The van der Waals surface area contributed by atoms with Gasteiger partial charge in [-0.05, 0) is 47.4 Å². The first-order valence-electron chi connectivity index (χ1n) is 12.3. The fraction of sp³-hybridized carbons (Fsp3) is 0.444. The molecule has 0 aromatic heterocycles. The number of carbonyl (C=O) groups is 3. The van der Waals surface area contributed by atoms with Crippen molar-refractivity contribution in [1.29, 1.82) is 0 Å². The fourth-order valence-electron chi connectivity index (χ4n) is 4.62. The first-order valence-corrected chi connectivity index (χ1v) is 12.3. The topological polar surface area (TPSA) is 114 Å². The van der Waals surface area contributed by atoms with Crippen LogP contribution in [0.2, 0.25) is 0 Å². The zero-order chi connectivity index (χ0) is 24.8. The van der Waals surface area contributed by atoms with Crippen LogP contribution in [-0.4, -0.2) is 41.8 Å². The van der Waals surface area contributed by atoms with Crippen molar-refractivity contribution in [2.45, 2.75) is 63.5 Å². The zero-order valence-electron chi connectivity index (χ0n) is 19.9. The number of carboxylic acid groups (broad SMARTS) is 1. The SMILES string of the molecule is CCCC[C@H](CC(=O)NOC(C(=O)O)C1CC1)NC(=O)OCC1c2ccccc2-c2ccccc21. The Labute approximate surface area is 205 Å². The number of ether oxygens (including phenoxy) is 1. The molecule has 0 bridgehead atoms. The quantitative estimate of drug-likeness (QED) is 0.389. The largest absolute Gasteiger partial charge is 0.479 e. The number of fused-ring (bicyclic) bond motifs is 3. The number of hydroxylamine groups is 1. The highest BCUT2D eigenvalue weighted by Gasteiger charge is 2.38. The van der Waals surface area contributed by atoms with E-state index >= 15 is 0 Å². The van der Waals surface area contributed by atoms with Gasteiger partial charge in [0.05, 0.1) is 0 Å². The van der Waals surface area contributed by atoms with E-state index in [1.807, 2.05) is 31.2 Å². The number of hydrogen-bond acceptors (Lipinski definition) is 5. The van der Waals surface area contributed by atoms with E-state index in [1.54, 1.807) is 0 Å². The lowest BCUT2D eigenvalue weighted by Crippen LogP contribution is -2.41. The summed E-state index contributed by atoms with van der Waals surface area (Å²) in [5, 5.41) is 12.0. The minimum Gasteiger partial charge on any atom is -0.479 e. The molecule has 2 atom stereocenters. The van der Waals surface area contributed by atoms with E-state index in [9.17, 15) is 19.5 Å². The summed E-state index contributed by atoms with van der Waals surface area (Å²) in [6.07, 6.45) is 2.22. The number of rotatable bonds is 12. The molecule has 2 aliphatic rings. The number of amides is 2. The van der Waals surface area contributed by atoms with E-state index in [0.717, 1.165) is 47.9 Å². The lowest BCUT2D eigenvalue weighted by molar-refractivity contribution is -0.162. The lowest BCUT2D eigenvalue weighted by Gasteiger charge is -2.20. The van der Waals surface area contributed by atoms with Crippen molar-refractivity contribution in [3.8, 4) is 11.1 Å². The average Bonchev–Trinajstić information content (AvgIpc) is 3.63. The van der Waals surface area contributed by atoms with Crippen molar-refractivity contribution in [3.63, 3.8) is 0 Å². The van der Waals surface area contributed by atoms with Gasteiger partial charge < -0.3 is 15.2 Å². The Balaban J connectivity index is 1.31. The summed E-state index contributed by atoms with van der Waals surface area (Å²) < 4.78 is 5.61. The van der Waals surface area contributed by atoms with Crippen LogP contribution >= 0.6 is 0 Å². The van der Waals surface area contributed by atoms with Crippen molar-refractivity contribution in [3.05, 3.63) is 59.7 Å².